The summed E-state index contributed by atoms with van der Waals surface area (Å²) in [7, 11) is 0. The van der Waals surface area contributed by atoms with E-state index in [9.17, 15) is 4.79 Å². The van der Waals surface area contributed by atoms with Gasteiger partial charge in [-0.1, -0.05) is 38.1 Å². The number of aromatic nitrogens is 2. The number of rotatable bonds is 11. The lowest BCUT2D eigenvalue weighted by molar-refractivity contribution is -0.121. The zero-order valence-electron chi connectivity index (χ0n) is 18.2. The van der Waals surface area contributed by atoms with Crippen LogP contribution < -0.4 is 5.32 Å². The molecule has 0 fully saturated rings. The van der Waals surface area contributed by atoms with Crippen molar-refractivity contribution in [3.63, 3.8) is 0 Å². The SMILES string of the molecule is CCN(CC)Cc1ccc(CNC(=O)CCc2c(C)nn(CCC#N)c2C)cc1. The number of hydrogen-bond acceptors (Lipinski definition) is 4. The van der Waals surface area contributed by atoms with Crippen molar-refractivity contribution in [2.75, 3.05) is 13.1 Å². The lowest BCUT2D eigenvalue weighted by atomic mass is 10.1. The average Bonchev–Trinajstić information content (AvgIpc) is 3.00. The van der Waals surface area contributed by atoms with Gasteiger partial charge in [-0.25, -0.2) is 0 Å². The Morgan fingerprint density at radius 3 is 2.45 bits per heavy atom. The van der Waals surface area contributed by atoms with E-state index in [1.165, 1.54) is 5.56 Å². The van der Waals surface area contributed by atoms with Crippen LogP contribution in [0, 0.1) is 25.2 Å². The number of nitriles is 1. The maximum atomic E-state index is 12.3. The molecule has 29 heavy (non-hydrogen) atoms. The van der Waals surface area contributed by atoms with Gasteiger partial charge in [0.05, 0.1) is 24.7 Å². The molecule has 1 aromatic carbocycles. The van der Waals surface area contributed by atoms with Crippen molar-refractivity contribution in [3.05, 3.63) is 52.3 Å². The number of nitrogens with one attached hydrogen (secondary N) is 1. The van der Waals surface area contributed by atoms with Crippen molar-refractivity contribution < 1.29 is 4.79 Å². The number of carbonyl (C=O) groups excluding carboxylic acids is 1. The lowest BCUT2D eigenvalue weighted by Gasteiger charge is -2.18. The van der Waals surface area contributed by atoms with Crippen molar-refractivity contribution >= 4 is 5.91 Å². The molecule has 0 radical (unpaired) electrons. The van der Waals surface area contributed by atoms with Crippen molar-refractivity contribution in [1.29, 1.82) is 5.26 Å². The summed E-state index contributed by atoms with van der Waals surface area (Å²) in [5.41, 5.74) is 5.51. The van der Waals surface area contributed by atoms with Crippen LogP contribution in [-0.2, 0) is 30.8 Å². The van der Waals surface area contributed by atoms with Crippen molar-refractivity contribution in [2.24, 2.45) is 0 Å². The Kier molecular flexibility index (Phi) is 8.88. The van der Waals surface area contributed by atoms with E-state index >= 15 is 0 Å². The van der Waals surface area contributed by atoms with Crippen LogP contribution in [0.1, 0.15) is 54.8 Å². The molecule has 0 spiro atoms. The number of hydrogen-bond donors (Lipinski definition) is 1. The molecule has 0 aliphatic rings. The van der Waals surface area contributed by atoms with Gasteiger partial charge in [0.2, 0.25) is 5.91 Å². The largest absolute Gasteiger partial charge is 0.352 e. The zero-order valence-corrected chi connectivity index (χ0v) is 18.2. The Bertz CT molecular complexity index is 828. The van der Waals surface area contributed by atoms with Crippen LogP contribution in [-0.4, -0.2) is 33.7 Å². The number of amides is 1. The average molecular weight is 396 g/mol. The normalized spacial score (nSPS) is 10.9. The van der Waals surface area contributed by atoms with Gasteiger partial charge in [0.1, 0.15) is 0 Å². The second-order valence-corrected chi connectivity index (χ2v) is 7.34. The fraction of sp³-hybridized carbons (Fsp3) is 0.522. The molecule has 156 valence electrons. The third-order valence-corrected chi connectivity index (χ3v) is 5.38. The highest BCUT2D eigenvalue weighted by Gasteiger charge is 2.13. The summed E-state index contributed by atoms with van der Waals surface area (Å²) in [5, 5.41) is 16.3. The first kappa shape index (κ1) is 22.6. The summed E-state index contributed by atoms with van der Waals surface area (Å²) in [4.78, 5) is 14.7. The molecule has 6 nitrogen and oxygen atoms in total. The third kappa shape index (κ3) is 6.72. The van der Waals surface area contributed by atoms with Crippen molar-refractivity contribution in [1.82, 2.24) is 20.0 Å². The Morgan fingerprint density at radius 1 is 1.17 bits per heavy atom. The molecule has 2 rings (SSSR count). The first-order valence-corrected chi connectivity index (χ1v) is 10.4. The standard InChI is InChI=1S/C23H33N5O/c1-5-27(6-2)17-21-10-8-20(9-11-21)16-25-23(29)13-12-22-18(3)26-28(19(22)4)15-7-14-24/h8-11H,5-7,12-13,15-17H2,1-4H3,(H,25,29). The Labute approximate surface area is 174 Å². The molecule has 0 saturated heterocycles. The van der Waals surface area contributed by atoms with Crippen LogP contribution >= 0.6 is 0 Å². The highest BCUT2D eigenvalue weighted by atomic mass is 16.1. The van der Waals surface area contributed by atoms with Gasteiger partial charge in [0.25, 0.3) is 0 Å². The Morgan fingerprint density at radius 2 is 1.83 bits per heavy atom. The van der Waals surface area contributed by atoms with Crippen LogP contribution in [0.25, 0.3) is 0 Å². The minimum atomic E-state index is 0.0424. The minimum absolute atomic E-state index is 0.0424. The van der Waals surface area contributed by atoms with Crippen LogP contribution in [0.15, 0.2) is 24.3 Å². The van der Waals surface area contributed by atoms with E-state index in [0.29, 0.717) is 32.4 Å². The second-order valence-electron chi connectivity index (χ2n) is 7.34. The van der Waals surface area contributed by atoms with Gasteiger partial charge in [-0.3, -0.25) is 14.4 Å². The Hall–Kier alpha value is -2.65. The number of benzene rings is 1. The van der Waals surface area contributed by atoms with Gasteiger partial charge < -0.3 is 5.32 Å². The molecule has 0 saturated carbocycles. The predicted octanol–water partition coefficient (Wildman–Crippen LogP) is 3.50. The van der Waals surface area contributed by atoms with Crippen LogP contribution in [0.4, 0.5) is 0 Å². The predicted molar refractivity (Wildman–Crippen MR) is 115 cm³/mol. The highest BCUT2D eigenvalue weighted by molar-refractivity contribution is 5.76. The molecule has 1 heterocycles. The topological polar surface area (TPSA) is 74.0 Å². The molecule has 0 bridgehead atoms. The van der Waals surface area contributed by atoms with E-state index in [0.717, 1.165) is 42.1 Å². The lowest BCUT2D eigenvalue weighted by Crippen LogP contribution is -2.23. The van der Waals surface area contributed by atoms with E-state index < -0.39 is 0 Å². The first-order valence-electron chi connectivity index (χ1n) is 10.4. The Balaban J connectivity index is 1.82. The summed E-state index contributed by atoms with van der Waals surface area (Å²) < 4.78 is 1.87. The molecular weight excluding hydrogens is 362 g/mol. The van der Waals surface area contributed by atoms with Gasteiger partial charge in [0, 0.05) is 25.2 Å². The number of nitrogens with zero attached hydrogens (tertiary/aromatic N) is 4. The maximum absolute atomic E-state index is 12.3. The van der Waals surface area contributed by atoms with Crippen LogP contribution in [0.3, 0.4) is 0 Å². The fourth-order valence-electron chi connectivity index (χ4n) is 3.46. The highest BCUT2D eigenvalue weighted by Crippen LogP contribution is 2.15. The molecule has 1 amide bonds. The second kappa shape index (κ2) is 11.4. The summed E-state index contributed by atoms with van der Waals surface area (Å²) in [5.74, 6) is 0.0424. The number of carbonyl (C=O) groups is 1. The van der Waals surface area contributed by atoms with Gasteiger partial charge in [-0.05, 0) is 50.0 Å². The molecule has 0 atom stereocenters. The summed E-state index contributed by atoms with van der Waals surface area (Å²) in [6, 6.07) is 10.6. The first-order chi connectivity index (χ1) is 14.0. The van der Waals surface area contributed by atoms with E-state index in [-0.39, 0.29) is 5.91 Å². The van der Waals surface area contributed by atoms with Crippen LogP contribution in [0.2, 0.25) is 0 Å². The smallest absolute Gasteiger partial charge is 0.220 e. The zero-order chi connectivity index (χ0) is 21.2. The third-order valence-electron chi connectivity index (χ3n) is 5.38. The summed E-state index contributed by atoms with van der Waals surface area (Å²) in [6.07, 6.45) is 1.54. The number of aryl methyl sites for hydroxylation is 2. The maximum Gasteiger partial charge on any atom is 0.220 e. The van der Waals surface area contributed by atoms with Gasteiger partial charge >= 0.3 is 0 Å². The van der Waals surface area contributed by atoms with Crippen molar-refractivity contribution in [3.8, 4) is 6.07 Å². The summed E-state index contributed by atoms with van der Waals surface area (Å²) >= 11 is 0. The van der Waals surface area contributed by atoms with Gasteiger partial charge in [0.15, 0.2) is 0 Å². The molecule has 0 aliphatic heterocycles. The molecule has 1 aromatic heterocycles. The minimum Gasteiger partial charge on any atom is -0.352 e. The van der Waals surface area contributed by atoms with E-state index in [1.807, 2.05) is 18.5 Å². The monoisotopic (exact) mass is 395 g/mol. The van der Waals surface area contributed by atoms with Crippen molar-refractivity contribution in [2.45, 2.75) is 66.6 Å². The van der Waals surface area contributed by atoms with Crippen LogP contribution in [0.5, 0.6) is 0 Å². The molecule has 2 aromatic rings. The van der Waals surface area contributed by atoms with Gasteiger partial charge in [-0.15, -0.1) is 0 Å². The quantitative estimate of drug-likeness (QED) is 0.632. The van der Waals surface area contributed by atoms with Gasteiger partial charge in [-0.2, -0.15) is 10.4 Å². The molecule has 0 unspecified atom stereocenters. The molecule has 0 aliphatic carbocycles. The molecule has 1 N–H and O–H groups in total. The summed E-state index contributed by atoms with van der Waals surface area (Å²) in [6.45, 7) is 12.5. The van der Waals surface area contributed by atoms with E-state index in [4.69, 9.17) is 5.26 Å². The molecule has 6 heteroatoms. The molecular formula is C23H33N5O. The van der Waals surface area contributed by atoms with E-state index in [1.54, 1.807) is 0 Å². The fourth-order valence-corrected chi connectivity index (χ4v) is 3.46. The van der Waals surface area contributed by atoms with E-state index in [2.05, 4.69) is 59.5 Å².